The van der Waals surface area contributed by atoms with Crippen LogP contribution < -0.4 is 11.1 Å². The summed E-state index contributed by atoms with van der Waals surface area (Å²) in [6, 6.07) is 3.37. The lowest BCUT2D eigenvalue weighted by Crippen LogP contribution is -2.08. The smallest absolute Gasteiger partial charge is 0.337 e. The number of carbonyl (C=O) groups is 1. The molecule has 1 aliphatic rings. The number of rotatable bonds is 1. The minimum absolute atomic E-state index is 0.284. The molecule has 1 aliphatic heterocycles. The quantitative estimate of drug-likeness (QED) is 0.611. The Balaban J connectivity index is 2.54. The van der Waals surface area contributed by atoms with Crippen LogP contribution in [-0.4, -0.2) is 17.6 Å². The highest BCUT2D eigenvalue weighted by atomic mass is 16.4. The number of aromatic carboxylic acids is 1. The van der Waals surface area contributed by atoms with Gasteiger partial charge >= 0.3 is 5.97 Å². The van der Waals surface area contributed by atoms with Crippen LogP contribution in [0.2, 0.25) is 0 Å². The highest BCUT2D eigenvalue weighted by Gasteiger charge is 2.16. The van der Waals surface area contributed by atoms with E-state index >= 15 is 0 Å². The molecule has 1 aromatic carbocycles. The fraction of sp³-hybridized carbons (Fsp3) is 0.364. The summed E-state index contributed by atoms with van der Waals surface area (Å²) in [4.78, 5) is 11.0. The third-order valence-corrected chi connectivity index (χ3v) is 2.65. The van der Waals surface area contributed by atoms with Gasteiger partial charge in [-0.3, -0.25) is 0 Å². The average Bonchev–Trinajstić information content (AvgIpc) is 2.41. The molecule has 0 aliphatic carbocycles. The first-order valence-corrected chi connectivity index (χ1v) is 5.08. The van der Waals surface area contributed by atoms with Crippen molar-refractivity contribution in [2.24, 2.45) is 0 Å². The summed E-state index contributed by atoms with van der Waals surface area (Å²) in [5.41, 5.74) is 8.25. The van der Waals surface area contributed by atoms with Crippen molar-refractivity contribution in [2.45, 2.75) is 19.3 Å². The van der Waals surface area contributed by atoms with E-state index in [1.807, 2.05) is 6.07 Å². The lowest BCUT2D eigenvalue weighted by atomic mass is 10.0. The van der Waals surface area contributed by atoms with Crippen LogP contribution in [0.1, 0.15) is 28.8 Å². The Morgan fingerprint density at radius 3 is 2.93 bits per heavy atom. The van der Waals surface area contributed by atoms with E-state index < -0.39 is 5.97 Å². The van der Waals surface area contributed by atoms with Gasteiger partial charge in [0.25, 0.3) is 0 Å². The fourth-order valence-corrected chi connectivity index (χ4v) is 1.96. The van der Waals surface area contributed by atoms with Gasteiger partial charge in [-0.15, -0.1) is 0 Å². The molecule has 80 valence electrons. The first-order valence-electron chi connectivity index (χ1n) is 5.08. The number of hydrogen-bond donors (Lipinski definition) is 3. The molecule has 0 amide bonds. The zero-order valence-corrected chi connectivity index (χ0v) is 8.42. The molecule has 0 atom stereocenters. The van der Waals surface area contributed by atoms with E-state index in [0.29, 0.717) is 5.69 Å². The molecule has 0 aromatic heterocycles. The summed E-state index contributed by atoms with van der Waals surface area (Å²) >= 11 is 0. The molecule has 4 nitrogen and oxygen atoms in total. The predicted molar refractivity (Wildman–Crippen MR) is 59.2 cm³/mol. The summed E-state index contributed by atoms with van der Waals surface area (Å²) in [6.45, 7) is 0.831. The second-order valence-electron chi connectivity index (χ2n) is 3.79. The molecule has 0 saturated heterocycles. The van der Waals surface area contributed by atoms with Gasteiger partial charge in [0, 0.05) is 12.2 Å². The van der Waals surface area contributed by atoms with Gasteiger partial charge in [0.1, 0.15) is 0 Å². The van der Waals surface area contributed by atoms with Crippen LogP contribution in [0.15, 0.2) is 12.1 Å². The molecule has 4 N–H and O–H groups in total. The SMILES string of the molecule is Nc1cc2c(c(C(=O)O)c1)NCCCC2. The number of anilines is 2. The lowest BCUT2D eigenvalue weighted by molar-refractivity contribution is 0.0698. The summed E-state index contributed by atoms with van der Waals surface area (Å²) in [6.07, 6.45) is 3.03. The number of benzene rings is 1. The van der Waals surface area contributed by atoms with Crippen molar-refractivity contribution in [3.05, 3.63) is 23.3 Å². The number of carboxylic acid groups (broad SMARTS) is 1. The zero-order chi connectivity index (χ0) is 10.8. The maximum atomic E-state index is 11.0. The molecular weight excluding hydrogens is 192 g/mol. The Morgan fingerprint density at radius 2 is 2.20 bits per heavy atom. The van der Waals surface area contributed by atoms with Crippen LogP contribution in [0.25, 0.3) is 0 Å². The van der Waals surface area contributed by atoms with Crippen molar-refractivity contribution < 1.29 is 9.90 Å². The van der Waals surface area contributed by atoms with Crippen LogP contribution >= 0.6 is 0 Å². The van der Waals surface area contributed by atoms with Gasteiger partial charge in [0.15, 0.2) is 0 Å². The van der Waals surface area contributed by atoms with E-state index in [0.717, 1.165) is 37.1 Å². The second-order valence-corrected chi connectivity index (χ2v) is 3.79. The third kappa shape index (κ3) is 1.88. The van der Waals surface area contributed by atoms with Gasteiger partial charge in [-0.1, -0.05) is 0 Å². The van der Waals surface area contributed by atoms with Crippen LogP contribution in [0.3, 0.4) is 0 Å². The minimum Gasteiger partial charge on any atom is -0.478 e. The molecule has 0 bridgehead atoms. The van der Waals surface area contributed by atoms with Gasteiger partial charge in [0.05, 0.1) is 11.3 Å². The van der Waals surface area contributed by atoms with E-state index in [4.69, 9.17) is 10.8 Å². The van der Waals surface area contributed by atoms with Crippen molar-refractivity contribution in [3.8, 4) is 0 Å². The molecule has 0 saturated carbocycles. The van der Waals surface area contributed by atoms with Crippen LogP contribution in [0, 0.1) is 0 Å². The van der Waals surface area contributed by atoms with E-state index in [1.54, 1.807) is 0 Å². The maximum absolute atomic E-state index is 11.0. The average molecular weight is 206 g/mol. The van der Waals surface area contributed by atoms with Crippen molar-refractivity contribution in [1.29, 1.82) is 0 Å². The highest BCUT2D eigenvalue weighted by Crippen LogP contribution is 2.28. The molecule has 0 unspecified atom stereocenters. The monoisotopic (exact) mass is 206 g/mol. The Morgan fingerprint density at radius 1 is 1.40 bits per heavy atom. The molecule has 2 rings (SSSR count). The second kappa shape index (κ2) is 3.81. The Kier molecular flexibility index (Phi) is 2.49. The number of carboxylic acids is 1. The lowest BCUT2D eigenvalue weighted by Gasteiger charge is -2.12. The fourth-order valence-electron chi connectivity index (χ4n) is 1.96. The van der Waals surface area contributed by atoms with E-state index in [1.165, 1.54) is 6.07 Å². The molecule has 1 heterocycles. The van der Waals surface area contributed by atoms with Crippen molar-refractivity contribution in [2.75, 3.05) is 17.6 Å². The van der Waals surface area contributed by atoms with Crippen LogP contribution in [0.5, 0.6) is 0 Å². The van der Waals surface area contributed by atoms with Crippen molar-refractivity contribution in [1.82, 2.24) is 0 Å². The maximum Gasteiger partial charge on any atom is 0.337 e. The Hall–Kier alpha value is -1.71. The summed E-state index contributed by atoms with van der Waals surface area (Å²) in [7, 11) is 0. The Labute approximate surface area is 88.1 Å². The molecule has 1 aromatic rings. The van der Waals surface area contributed by atoms with Crippen LogP contribution in [-0.2, 0) is 6.42 Å². The normalized spacial score (nSPS) is 14.9. The molecule has 0 radical (unpaired) electrons. The third-order valence-electron chi connectivity index (χ3n) is 2.65. The van der Waals surface area contributed by atoms with Gasteiger partial charge in [-0.05, 0) is 37.0 Å². The minimum atomic E-state index is -0.923. The standard InChI is InChI=1S/C11H14N2O2/c12-8-5-7-3-1-2-4-13-10(7)9(6-8)11(14)15/h5-6,13H,1-4,12H2,(H,14,15). The highest BCUT2D eigenvalue weighted by molar-refractivity contribution is 5.96. The largest absolute Gasteiger partial charge is 0.478 e. The molecule has 0 spiro atoms. The first-order chi connectivity index (χ1) is 7.18. The summed E-state index contributed by atoms with van der Waals surface area (Å²) in [5, 5.41) is 12.2. The molecule has 4 heteroatoms. The number of nitrogens with one attached hydrogen (secondary N) is 1. The van der Waals surface area contributed by atoms with Crippen LogP contribution in [0.4, 0.5) is 11.4 Å². The topological polar surface area (TPSA) is 75.4 Å². The molecule has 0 fully saturated rings. The number of nitrogen functional groups attached to an aromatic ring is 1. The van der Waals surface area contributed by atoms with Gasteiger partial charge in [-0.25, -0.2) is 4.79 Å². The Bertz CT molecular complexity index is 402. The van der Waals surface area contributed by atoms with E-state index in [2.05, 4.69) is 5.32 Å². The number of nitrogens with two attached hydrogens (primary N) is 1. The van der Waals surface area contributed by atoms with Crippen molar-refractivity contribution >= 4 is 17.3 Å². The number of fused-ring (bicyclic) bond motifs is 1. The van der Waals surface area contributed by atoms with Gasteiger partial charge in [-0.2, -0.15) is 0 Å². The number of hydrogen-bond acceptors (Lipinski definition) is 3. The van der Waals surface area contributed by atoms with Gasteiger partial charge in [0.2, 0.25) is 0 Å². The molecular formula is C11H14N2O2. The molecule has 15 heavy (non-hydrogen) atoms. The first kappa shape index (κ1) is 9.83. The van der Waals surface area contributed by atoms with E-state index in [-0.39, 0.29) is 5.56 Å². The summed E-state index contributed by atoms with van der Waals surface area (Å²) < 4.78 is 0. The van der Waals surface area contributed by atoms with Crippen molar-refractivity contribution in [3.63, 3.8) is 0 Å². The zero-order valence-electron chi connectivity index (χ0n) is 8.42. The number of aryl methyl sites for hydroxylation is 1. The summed E-state index contributed by atoms with van der Waals surface area (Å²) in [5.74, 6) is -0.923. The van der Waals surface area contributed by atoms with Gasteiger partial charge < -0.3 is 16.2 Å². The predicted octanol–water partition coefficient (Wildman–Crippen LogP) is 1.72. The van der Waals surface area contributed by atoms with E-state index in [9.17, 15) is 4.79 Å².